The standard InChI is InChI=1S/C13H28O4S/c1-4-5-6-7-8-9-10-11-13(16-2)12-17-18(3,14)15/h13H,4-12H2,1-3H3. The summed E-state index contributed by atoms with van der Waals surface area (Å²) in [7, 11) is -1.76. The molecule has 0 spiro atoms. The van der Waals surface area contributed by atoms with Gasteiger partial charge in [0.15, 0.2) is 0 Å². The van der Waals surface area contributed by atoms with Crippen LogP contribution in [-0.2, 0) is 19.0 Å². The second-order valence-corrected chi connectivity index (χ2v) is 6.40. The smallest absolute Gasteiger partial charge is 0.264 e. The van der Waals surface area contributed by atoms with E-state index < -0.39 is 10.1 Å². The summed E-state index contributed by atoms with van der Waals surface area (Å²) in [6.45, 7) is 2.34. The maximum Gasteiger partial charge on any atom is 0.264 e. The van der Waals surface area contributed by atoms with Gasteiger partial charge in [-0.15, -0.1) is 0 Å². The van der Waals surface area contributed by atoms with Crippen LogP contribution in [0.25, 0.3) is 0 Å². The first-order valence-corrected chi connectivity index (χ1v) is 8.68. The minimum atomic E-state index is -3.35. The van der Waals surface area contributed by atoms with Crippen molar-refractivity contribution in [1.29, 1.82) is 0 Å². The van der Waals surface area contributed by atoms with E-state index in [1.807, 2.05) is 0 Å². The maximum atomic E-state index is 10.9. The molecule has 1 atom stereocenters. The fourth-order valence-corrected chi connectivity index (χ4v) is 2.20. The van der Waals surface area contributed by atoms with Crippen molar-refractivity contribution in [1.82, 2.24) is 0 Å². The summed E-state index contributed by atoms with van der Waals surface area (Å²) in [5.41, 5.74) is 0. The van der Waals surface area contributed by atoms with Gasteiger partial charge in [0.1, 0.15) is 0 Å². The van der Waals surface area contributed by atoms with E-state index in [1.165, 1.54) is 38.5 Å². The molecule has 18 heavy (non-hydrogen) atoms. The highest BCUT2D eigenvalue weighted by atomic mass is 32.2. The van der Waals surface area contributed by atoms with Gasteiger partial charge in [-0.2, -0.15) is 8.42 Å². The summed E-state index contributed by atoms with van der Waals surface area (Å²) in [5, 5.41) is 0. The van der Waals surface area contributed by atoms with Gasteiger partial charge in [0.05, 0.1) is 19.0 Å². The zero-order valence-corrected chi connectivity index (χ0v) is 12.8. The van der Waals surface area contributed by atoms with Gasteiger partial charge in [-0.1, -0.05) is 51.9 Å². The van der Waals surface area contributed by atoms with E-state index in [0.29, 0.717) is 0 Å². The fourth-order valence-electron chi connectivity index (χ4n) is 1.80. The Morgan fingerprint density at radius 3 is 2.06 bits per heavy atom. The largest absolute Gasteiger partial charge is 0.379 e. The number of methoxy groups -OCH3 is 1. The quantitative estimate of drug-likeness (QED) is 0.407. The number of unbranched alkanes of at least 4 members (excludes halogenated alkanes) is 6. The monoisotopic (exact) mass is 280 g/mol. The molecular weight excluding hydrogens is 252 g/mol. The van der Waals surface area contributed by atoms with E-state index in [-0.39, 0.29) is 12.7 Å². The van der Waals surface area contributed by atoms with Crippen molar-refractivity contribution in [3.05, 3.63) is 0 Å². The molecule has 1 unspecified atom stereocenters. The van der Waals surface area contributed by atoms with Crippen LogP contribution in [0.15, 0.2) is 0 Å². The average Bonchev–Trinajstić information content (AvgIpc) is 2.30. The molecule has 0 N–H and O–H groups in total. The van der Waals surface area contributed by atoms with Gasteiger partial charge in [-0.05, 0) is 6.42 Å². The Bertz CT molecular complexity index is 275. The Labute approximate surface area is 112 Å². The number of ether oxygens (including phenoxy) is 1. The highest BCUT2D eigenvalue weighted by molar-refractivity contribution is 7.85. The molecule has 0 aliphatic rings. The normalized spacial score (nSPS) is 13.7. The molecule has 0 aliphatic heterocycles. The predicted molar refractivity (Wildman–Crippen MR) is 74.2 cm³/mol. The van der Waals surface area contributed by atoms with Crippen molar-refractivity contribution in [3.8, 4) is 0 Å². The van der Waals surface area contributed by atoms with Crippen LogP contribution in [0.2, 0.25) is 0 Å². The molecule has 0 fully saturated rings. The zero-order chi connectivity index (χ0) is 13.9. The lowest BCUT2D eigenvalue weighted by Gasteiger charge is -2.14. The van der Waals surface area contributed by atoms with Gasteiger partial charge in [-0.3, -0.25) is 4.18 Å². The number of hydrogen-bond donors (Lipinski definition) is 0. The lowest BCUT2D eigenvalue weighted by molar-refractivity contribution is 0.0526. The minimum Gasteiger partial charge on any atom is -0.379 e. The minimum absolute atomic E-state index is 0.115. The second-order valence-electron chi connectivity index (χ2n) is 4.76. The van der Waals surface area contributed by atoms with Crippen molar-refractivity contribution in [3.63, 3.8) is 0 Å². The van der Waals surface area contributed by atoms with E-state index >= 15 is 0 Å². The van der Waals surface area contributed by atoms with E-state index in [0.717, 1.165) is 19.1 Å². The topological polar surface area (TPSA) is 52.6 Å². The van der Waals surface area contributed by atoms with Crippen molar-refractivity contribution in [2.24, 2.45) is 0 Å². The van der Waals surface area contributed by atoms with Gasteiger partial charge < -0.3 is 4.74 Å². The summed E-state index contributed by atoms with van der Waals surface area (Å²) in [6, 6.07) is 0. The summed E-state index contributed by atoms with van der Waals surface area (Å²) >= 11 is 0. The van der Waals surface area contributed by atoms with Crippen molar-refractivity contribution in [2.45, 2.75) is 64.4 Å². The maximum absolute atomic E-state index is 10.9. The third-order valence-electron chi connectivity index (χ3n) is 2.93. The van der Waals surface area contributed by atoms with Crippen molar-refractivity contribution >= 4 is 10.1 Å². The zero-order valence-electron chi connectivity index (χ0n) is 12.0. The number of rotatable bonds is 12. The Morgan fingerprint density at radius 1 is 1.00 bits per heavy atom. The van der Waals surface area contributed by atoms with Crippen LogP contribution in [-0.4, -0.2) is 34.5 Å². The molecule has 0 aromatic carbocycles. The van der Waals surface area contributed by atoms with Crippen LogP contribution in [0.1, 0.15) is 58.3 Å². The van der Waals surface area contributed by atoms with E-state index in [4.69, 9.17) is 8.92 Å². The van der Waals surface area contributed by atoms with Gasteiger partial charge in [0.2, 0.25) is 0 Å². The van der Waals surface area contributed by atoms with Gasteiger partial charge in [0.25, 0.3) is 10.1 Å². The molecule has 0 heterocycles. The Kier molecular flexibility index (Phi) is 10.7. The third-order valence-corrected chi connectivity index (χ3v) is 3.50. The second kappa shape index (κ2) is 10.8. The first kappa shape index (κ1) is 17.9. The molecule has 0 aromatic heterocycles. The van der Waals surface area contributed by atoms with Crippen molar-refractivity contribution in [2.75, 3.05) is 20.0 Å². The summed E-state index contributed by atoms with van der Waals surface area (Å²) in [4.78, 5) is 0. The highest BCUT2D eigenvalue weighted by Crippen LogP contribution is 2.11. The van der Waals surface area contributed by atoms with Crippen LogP contribution in [0, 0.1) is 0 Å². The van der Waals surface area contributed by atoms with Gasteiger partial charge in [0, 0.05) is 7.11 Å². The molecule has 0 saturated heterocycles. The summed E-state index contributed by atoms with van der Waals surface area (Å²) < 4.78 is 31.6. The van der Waals surface area contributed by atoms with E-state index in [2.05, 4.69) is 6.92 Å². The molecule has 0 amide bonds. The molecule has 0 rings (SSSR count). The average molecular weight is 280 g/mol. The Balaban J connectivity index is 3.50. The molecule has 0 aliphatic carbocycles. The molecule has 0 aromatic rings. The summed E-state index contributed by atoms with van der Waals surface area (Å²) in [6.07, 6.45) is 10.5. The van der Waals surface area contributed by atoms with Gasteiger partial charge >= 0.3 is 0 Å². The molecule has 0 radical (unpaired) electrons. The van der Waals surface area contributed by atoms with Crippen LogP contribution < -0.4 is 0 Å². The third kappa shape index (κ3) is 12.3. The number of hydrogen-bond acceptors (Lipinski definition) is 4. The van der Waals surface area contributed by atoms with Crippen LogP contribution in [0.5, 0.6) is 0 Å². The highest BCUT2D eigenvalue weighted by Gasteiger charge is 2.11. The predicted octanol–water partition coefficient (Wildman–Crippen LogP) is 3.12. The lowest BCUT2D eigenvalue weighted by Crippen LogP contribution is -2.20. The first-order valence-electron chi connectivity index (χ1n) is 6.86. The van der Waals surface area contributed by atoms with E-state index in [1.54, 1.807) is 7.11 Å². The summed E-state index contributed by atoms with van der Waals surface area (Å²) in [5.74, 6) is 0. The van der Waals surface area contributed by atoms with Crippen molar-refractivity contribution < 1.29 is 17.3 Å². The molecule has 4 nitrogen and oxygen atoms in total. The Hall–Kier alpha value is -0.130. The van der Waals surface area contributed by atoms with Gasteiger partial charge in [-0.25, -0.2) is 0 Å². The molecule has 0 bridgehead atoms. The van der Waals surface area contributed by atoms with Crippen LogP contribution in [0.3, 0.4) is 0 Å². The fraction of sp³-hybridized carbons (Fsp3) is 1.00. The molecular formula is C13H28O4S. The Morgan fingerprint density at radius 2 is 1.56 bits per heavy atom. The molecule has 0 saturated carbocycles. The SMILES string of the molecule is CCCCCCCCCC(COS(C)(=O)=O)OC. The van der Waals surface area contributed by atoms with Crippen LogP contribution >= 0.6 is 0 Å². The molecule has 110 valence electrons. The van der Waals surface area contributed by atoms with Crippen LogP contribution in [0.4, 0.5) is 0 Å². The van der Waals surface area contributed by atoms with E-state index in [9.17, 15) is 8.42 Å². The lowest BCUT2D eigenvalue weighted by atomic mass is 10.1. The first-order chi connectivity index (χ1) is 8.49. The molecule has 5 heteroatoms.